The van der Waals surface area contributed by atoms with Gasteiger partial charge >= 0.3 is 5.97 Å². The molecule has 1 atom stereocenters. The number of allylic oxidation sites excluding steroid dienone is 1. The van der Waals surface area contributed by atoms with Crippen molar-refractivity contribution < 1.29 is 23.4 Å². The Morgan fingerprint density at radius 3 is 2.64 bits per heavy atom. The van der Waals surface area contributed by atoms with E-state index in [9.17, 15) is 10.1 Å². The second-order valence-electron chi connectivity index (χ2n) is 9.76. The second kappa shape index (κ2) is 10.6. The Balaban J connectivity index is 1.49. The van der Waals surface area contributed by atoms with Gasteiger partial charge in [0.25, 0.3) is 0 Å². The fraction of sp³-hybridized carbons (Fsp3) is 0.250. The number of esters is 1. The highest BCUT2D eigenvalue weighted by Gasteiger charge is 2.33. The van der Waals surface area contributed by atoms with E-state index in [0.29, 0.717) is 29.3 Å². The summed E-state index contributed by atoms with van der Waals surface area (Å²) in [4.78, 5) is 13.1. The van der Waals surface area contributed by atoms with Crippen LogP contribution in [0.4, 0.5) is 0 Å². The Kier molecular flexibility index (Phi) is 7.03. The molecule has 0 aliphatic carbocycles. The summed E-state index contributed by atoms with van der Waals surface area (Å²) in [5.41, 5.74) is 11.5. The zero-order chi connectivity index (χ0) is 27.7. The second-order valence-corrected chi connectivity index (χ2v) is 9.76. The first-order valence-corrected chi connectivity index (χ1v) is 13.0. The minimum absolute atomic E-state index is 0.000751. The number of furan rings is 1. The van der Waals surface area contributed by atoms with Gasteiger partial charge in [-0.3, -0.25) is 0 Å². The van der Waals surface area contributed by atoms with Gasteiger partial charge in [-0.25, -0.2) is 4.79 Å². The normalized spacial score (nSPS) is 14.5. The van der Waals surface area contributed by atoms with E-state index in [1.165, 1.54) is 0 Å². The third-order valence-electron chi connectivity index (χ3n) is 6.94. The summed E-state index contributed by atoms with van der Waals surface area (Å²) >= 11 is 0. The smallest absolute Gasteiger partial charge is 0.379 e. The largest absolute Gasteiger partial charge is 0.493 e. The Labute approximate surface area is 227 Å². The van der Waals surface area contributed by atoms with Crippen molar-refractivity contribution in [3.8, 4) is 23.3 Å². The molecule has 1 unspecified atom stereocenters. The van der Waals surface area contributed by atoms with E-state index in [4.69, 9.17) is 24.4 Å². The van der Waals surface area contributed by atoms with Crippen molar-refractivity contribution in [3.63, 3.8) is 0 Å². The first-order valence-electron chi connectivity index (χ1n) is 13.0. The molecular formula is C32H30N2O5. The van der Waals surface area contributed by atoms with Crippen LogP contribution < -0.4 is 19.9 Å². The van der Waals surface area contributed by atoms with Crippen LogP contribution in [-0.2, 0) is 0 Å². The van der Waals surface area contributed by atoms with Crippen LogP contribution in [0.3, 0.4) is 0 Å². The van der Waals surface area contributed by atoms with Crippen molar-refractivity contribution in [1.82, 2.24) is 0 Å². The predicted molar refractivity (Wildman–Crippen MR) is 148 cm³/mol. The predicted octanol–water partition coefficient (Wildman–Crippen LogP) is 6.97. The highest BCUT2D eigenvalue weighted by atomic mass is 16.5. The highest BCUT2D eigenvalue weighted by Crippen LogP contribution is 2.46. The zero-order valence-electron chi connectivity index (χ0n) is 22.5. The van der Waals surface area contributed by atoms with E-state index < -0.39 is 11.9 Å². The lowest BCUT2D eigenvalue weighted by Gasteiger charge is -2.28. The minimum atomic E-state index is -0.607. The Morgan fingerprint density at radius 1 is 1.08 bits per heavy atom. The lowest BCUT2D eigenvalue weighted by Crippen LogP contribution is -2.21. The molecule has 7 nitrogen and oxygen atoms in total. The molecule has 5 rings (SSSR count). The van der Waals surface area contributed by atoms with E-state index in [1.54, 1.807) is 18.2 Å². The molecule has 4 aromatic rings. The maximum Gasteiger partial charge on any atom is 0.379 e. The fourth-order valence-corrected chi connectivity index (χ4v) is 5.13. The number of nitrogens with two attached hydrogens (primary N) is 1. The number of hydrogen-bond donors (Lipinski definition) is 1. The first-order chi connectivity index (χ1) is 18.8. The number of fused-ring (bicyclic) bond motifs is 2. The molecule has 1 aromatic heterocycles. The molecule has 1 aliphatic heterocycles. The molecule has 198 valence electrons. The standard InChI is InChI=1S/C32H30N2O5/c1-5-6-13-36-25-10-8-7-9-22(25)29-23-12-11-21(16-26(23)39-31(34)24(29)17-33)37-32(35)30-20(4)28-19(3)14-18(2)15-27(28)38-30/h7-12,14-16,29H,5-6,13,34H2,1-4H3. The lowest BCUT2D eigenvalue weighted by molar-refractivity contribution is 0.0702. The molecule has 2 N–H and O–H groups in total. The monoisotopic (exact) mass is 522 g/mol. The Hall–Kier alpha value is -4.70. The van der Waals surface area contributed by atoms with E-state index in [-0.39, 0.29) is 17.4 Å². The number of aryl methyl sites for hydroxylation is 3. The van der Waals surface area contributed by atoms with E-state index in [1.807, 2.05) is 51.1 Å². The number of hydrogen-bond acceptors (Lipinski definition) is 7. The zero-order valence-corrected chi connectivity index (χ0v) is 22.5. The number of para-hydroxylation sites is 1. The molecular weight excluding hydrogens is 492 g/mol. The van der Waals surface area contributed by atoms with Gasteiger partial charge < -0.3 is 24.4 Å². The summed E-state index contributed by atoms with van der Waals surface area (Å²) in [5, 5.41) is 10.9. The lowest BCUT2D eigenvalue weighted by atomic mass is 9.83. The molecule has 0 fully saturated rings. The van der Waals surface area contributed by atoms with Crippen molar-refractivity contribution >= 4 is 16.9 Å². The van der Waals surface area contributed by atoms with Crippen molar-refractivity contribution in [2.45, 2.75) is 46.5 Å². The van der Waals surface area contributed by atoms with Crippen LogP contribution in [0.1, 0.15) is 64.1 Å². The number of carbonyl (C=O) groups excluding carboxylic acids is 1. The van der Waals surface area contributed by atoms with Gasteiger partial charge in [-0.05, 0) is 56.5 Å². The van der Waals surface area contributed by atoms with E-state index in [0.717, 1.165) is 46.0 Å². The number of benzene rings is 3. The summed E-state index contributed by atoms with van der Waals surface area (Å²) in [5.74, 6) is 0.407. The topological polar surface area (TPSA) is 108 Å². The number of carbonyl (C=O) groups is 1. The third-order valence-corrected chi connectivity index (χ3v) is 6.94. The number of ether oxygens (including phenoxy) is 3. The summed E-state index contributed by atoms with van der Waals surface area (Å²) < 4.78 is 23.5. The van der Waals surface area contributed by atoms with E-state index in [2.05, 4.69) is 19.1 Å². The third kappa shape index (κ3) is 4.82. The number of rotatable bonds is 7. The molecule has 0 spiro atoms. The van der Waals surface area contributed by atoms with Crippen LogP contribution in [0.15, 0.2) is 70.5 Å². The van der Waals surface area contributed by atoms with Gasteiger partial charge in [-0.2, -0.15) is 5.26 Å². The van der Waals surface area contributed by atoms with Gasteiger partial charge in [-0.1, -0.05) is 43.7 Å². The Bertz CT molecular complexity index is 1660. The van der Waals surface area contributed by atoms with Gasteiger partial charge in [0, 0.05) is 28.1 Å². The van der Waals surface area contributed by atoms with Crippen LogP contribution in [-0.4, -0.2) is 12.6 Å². The molecule has 0 bridgehead atoms. The van der Waals surface area contributed by atoms with Gasteiger partial charge in [0.1, 0.15) is 34.5 Å². The summed E-state index contributed by atoms with van der Waals surface area (Å²) in [6.07, 6.45) is 1.92. The average molecular weight is 523 g/mol. The molecule has 0 amide bonds. The molecule has 39 heavy (non-hydrogen) atoms. The van der Waals surface area contributed by atoms with Crippen molar-refractivity contribution in [2.75, 3.05) is 6.61 Å². The highest BCUT2D eigenvalue weighted by molar-refractivity contribution is 5.98. The van der Waals surface area contributed by atoms with Gasteiger partial charge in [0.05, 0.1) is 12.5 Å². The van der Waals surface area contributed by atoms with Crippen LogP contribution >= 0.6 is 0 Å². The number of nitrogens with zero attached hydrogens (tertiary/aromatic N) is 1. The first kappa shape index (κ1) is 25.9. The minimum Gasteiger partial charge on any atom is -0.493 e. The fourth-order valence-electron chi connectivity index (χ4n) is 5.13. The molecule has 7 heteroatoms. The summed E-state index contributed by atoms with van der Waals surface area (Å²) in [7, 11) is 0. The summed E-state index contributed by atoms with van der Waals surface area (Å²) in [6.45, 7) is 8.49. The molecule has 2 heterocycles. The van der Waals surface area contributed by atoms with Crippen LogP contribution in [0.25, 0.3) is 11.0 Å². The van der Waals surface area contributed by atoms with Gasteiger partial charge in [-0.15, -0.1) is 0 Å². The summed E-state index contributed by atoms with van der Waals surface area (Å²) in [6, 6.07) is 18.9. The van der Waals surface area contributed by atoms with Crippen LogP contribution in [0, 0.1) is 32.1 Å². The number of unbranched alkanes of at least 4 members (excludes halogenated alkanes) is 1. The van der Waals surface area contributed by atoms with E-state index >= 15 is 0 Å². The SMILES string of the molecule is CCCCOc1ccccc1C1C(C#N)=C(N)Oc2cc(OC(=O)c3oc4cc(C)cc(C)c4c3C)ccc21. The van der Waals surface area contributed by atoms with Crippen LogP contribution in [0.2, 0.25) is 0 Å². The van der Waals surface area contributed by atoms with Crippen molar-refractivity contribution in [3.05, 3.63) is 99.6 Å². The van der Waals surface area contributed by atoms with Crippen molar-refractivity contribution in [2.24, 2.45) is 5.73 Å². The molecule has 0 saturated carbocycles. The maximum atomic E-state index is 13.1. The van der Waals surface area contributed by atoms with Gasteiger partial charge in [0.2, 0.25) is 11.6 Å². The van der Waals surface area contributed by atoms with Crippen LogP contribution in [0.5, 0.6) is 17.2 Å². The average Bonchev–Trinajstić information content (AvgIpc) is 3.24. The van der Waals surface area contributed by atoms with Gasteiger partial charge in [0.15, 0.2) is 0 Å². The maximum absolute atomic E-state index is 13.1. The molecule has 0 saturated heterocycles. The molecule has 0 radical (unpaired) electrons. The number of nitriles is 1. The van der Waals surface area contributed by atoms with Crippen molar-refractivity contribution in [1.29, 1.82) is 5.26 Å². The molecule has 1 aliphatic rings. The molecule has 3 aromatic carbocycles. The quantitative estimate of drug-likeness (QED) is 0.159. The Morgan fingerprint density at radius 2 is 1.87 bits per heavy atom.